The number of hydrogen-bond acceptors (Lipinski definition) is 4. The first kappa shape index (κ1) is 24.5. The summed E-state index contributed by atoms with van der Waals surface area (Å²) in [6, 6.07) is 8.48. The van der Waals surface area contributed by atoms with Crippen molar-refractivity contribution in [1.29, 1.82) is 0 Å². The monoisotopic (exact) mass is 443 g/mol. The van der Waals surface area contributed by atoms with Crippen molar-refractivity contribution in [2.24, 2.45) is 16.8 Å². The van der Waals surface area contributed by atoms with Crippen LogP contribution in [-0.4, -0.2) is 62.2 Å². The molecule has 7 nitrogen and oxygen atoms in total. The molecule has 1 heterocycles. The number of anilines is 1. The Morgan fingerprint density at radius 1 is 1.22 bits per heavy atom. The summed E-state index contributed by atoms with van der Waals surface area (Å²) in [6.45, 7) is 12.5. The van der Waals surface area contributed by atoms with E-state index in [0.29, 0.717) is 18.5 Å². The number of ether oxygens (including phenoxy) is 1. The topological polar surface area (TPSA) is 78.0 Å². The lowest BCUT2D eigenvalue weighted by atomic mass is 9.85. The Morgan fingerprint density at radius 3 is 2.66 bits per heavy atom. The second kappa shape index (κ2) is 12.8. The van der Waals surface area contributed by atoms with E-state index in [1.165, 1.54) is 0 Å². The predicted octanol–water partition coefficient (Wildman–Crippen LogP) is 3.23. The van der Waals surface area contributed by atoms with Gasteiger partial charge in [0.15, 0.2) is 5.96 Å². The zero-order chi connectivity index (χ0) is 22.8. The molecule has 1 amide bonds. The van der Waals surface area contributed by atoms with Crippen LogP contribution in [-0.2, 0) is 16.1 Å². The molecule has 1 aliphatic heterocycles. The predicted molar refractivity (Wildman–Crippen MR) is 131 cm³/mol. The van der Waals surface area contributed by atoms with E-state index in [0.717, 1.165) is 82.3 Å². The van der Waals surface area contributed by atoms with Crippen molar-refractivity contribution < 1.29 is 9.53 Å². The number of morpholine rings is 1. The van der Waals surface area contributed by atoms with Crippen LogP contribution in [0.2, 0.25) is 0 Å². The summed E-state index contributed by atoms with van der Waals surface area (Å²) in [6.07, 6.45) is 4.33. The first-order chi connectivity index (χ1) is 15.5. The summed E-state index contributed by atoms with van der Waals surface area (Å²) in [4.78, 5) is 19.6. The zero-order valence-electron chi connectivity index (χ0n) is 20.0. The molecule has 32 heavy (non-hydrogen) atoms. The molecule has 0 bridgehead atoms. The van der Waals surface area contributed by atoms with Gasteiger partial charge in [0, 0.05) is 43.8 Å². The molecule has 1 saturated heterocycles. The quantitative estimate of drug-likeness (QED) is 0.382. The number of amides is 1. The molecule has 1 aliphatic carbocycles. The highest BCUT2D eigenvalue weighted by atomic mass is 16.5. The van der Waals surface area contributed by atoms with Gasteiger partial charge in [-0.05, 0) is 49.8 Å². The van der Waals surface area contributed by atoms with Gasteiger partial charge in [0.2, 0.25) is 5.91 Å². The number of rotatable bonds is 10. The highest BCUT2D eigenvalue weighted by Crippen LogP contribution is 2.27. The van der Waals surface area contributed by atoms with Crippen molar-refractivity contribution in [1.82, 2.24) is 15.5 Å². The van der Waals surface area contributed by atoms with Gasteiger partial charge in [0.1, 0.15) is 0 Å². The van der Waals surface area contributed by atoms with Crippen LogP contribution in [0, 0.1) is 11.8 Å². The van der Waals surface area contributed by atoms with E-state index in [1.54, 1.807) is 0 Å². The number of aliphatic imine (C=N–C) groups is 1. The molecular formula is C25H41N5O2. The van der Waals surface area contributed by atoms with Gasteiger partial charge in [0.25, 0.3) is 0 Å². The Hall–Kier alpha value is -2.12. The van der Waals surface area contributed by atoms with Crippen LogP contribution in [0.15, 0.2) is 29.3 Å². The van der Waals surface area contributed by atoms with E-state index in [9.17, 15) is 4.79 Å². The second-order valence-corrected chi connectivity index (χ2v) is 9.33. The van der Waals surface area contributed by atoms with Crippen LogP contribution < -0.4 is 16.0 Å². The van der Waals surface area contributed by atoms with Gasteiger partial charge in [-0.15, -0.1) is 0 Å². The number of guanidine groups is 1. The van der Waals surface area contributed by atoms with Crippen molar-refractivity contribution in [3.63, 3.8) is 0 Å². The Kier molecular flexibility index (Phi) is 9.81. The Morgan fingerprint density at radius 2 is 2.00 bits per heavy atom. The molecule has 3 rings (SSSR count). The summed E-state index contributed by atoms with van der Waals surface area (Å²) in [7, 11) is 0. The molecule has 3 N–H and O–H groups in total. The van der Waals surface area contributed by atoms with E-state index in [-0.39, 0.29) is 11.8 Å². The number of carbonyl (C=O) groups is 1. The molecule has 178 valence electrons. The number of hydrogen-bond donors (Lipinski definition) is 3. The molecule has 1 aromatic carbocycles. The highest BCUT2D eigenvalue weighted by molar-refractivity contribution is 5.93. The standard InChI is InChI=1S/C25H41N5O2/c1-4-26-25(28-18-23(15-19(2)3)30-11-13-32-14-12-30)27-17-20-7-5-10-22(16-20)29-24(31)21-8-6-9-21/h5,7,10,16,19,21,23H,4,6,8-9,11-15,17-18H2,1-3H3,(H,29,31)(H2,26,27,28). The minimum atomic E-state index is 0.145. The van der Waals surface area contributed by atoms with Crippen LogP contribution in [0.25, 0.3) is 0 Å². The van der Waals surface area contributed by atoms with E-state index >= 15 is 0 Å². The SMILES string of the molecule is CCNC(=NCc1cccc(NC(=O)C2CCC2)c1)NCC(CC(C)C)N1CCOCC1. The van der Waals surface area contributed by atoms with Gasteiger partial charge in [-0.2, -0.15) is 0 Å². The van der Waals surface area contributed by atoms with Crippen LogP contribution in [0.1, 0.15) is 52.0 Å². The van der Waals surface area contributed by atoms with Crippen LogP contribution in [0.3, 0.4) is 0 Å². The average Bonchev–Trinajstić information content (AvgIpc) is 2.74. The largest absolute Gasteiger partial charge is 0.379 e. The minimum Gasteiger partial charge on any atom is -0.379 e. The molecule has 1 aromatic rings. The van der Waals surface area contributed by atoms with E-state index in [1.807, 2.05) is 18.2 Å². The molecule has 1 saturated carbocycles. The van der Waals surface area contributed by atoms with Crippen molar-refractivity contribution in [2.45, 2.75) is 59.0 Å². The van der Waals surface area contributed by atoms with Gasteiger partial charge in [0.05, 0.1) is 19.8 Å². The number of carbonyl (C=O) groups excluding carboxylic acids is 1. The maximum atomic E-state index is 12.2. The van der Waals surface area contributed by atoms with Gasteiger partial charge in [-0.3, -0.25) is 9.69 Å². The summed E-state index contributed by atoms with van der Waals surface area (Å²) < 4.78 is 5.54. The van der Waals surface area contributed by atoms with Crippen molar-refractivity contribution in [3.8, 4) is 0 Å². The molecule has 0 radical (unpaired) electrons. The first-order valence-electron chi connectivity index (χ1n) is 12.3. The third kappa shape index (κ3) is 7.78. The van der Waals surface area contributed by atoms with E-state index in [2.05, 4.69) is 47.7 Å². The Bertz CT molecular complexity index is 742. The fraction of sp³-hybridized carbons (Fsp3) is 0.680. The lowest BCUT2D eigenvalue weighted by Gasteiger charge is -2.35. The Labute approximate surface area is 193 Å². The average molecular weight is 444 g/mol. The molecule has 2 aliphatic rings. The maximum absolute atomic E-state index is 12.2. The zero-order valence-corrected chi connectivity index (χ0v) is 20.0. The van der Waals surface area contributed by atoms with Crippen LogP contribution >= 0.6 is 0 Å². The molecular weight excluding hydrogens is 402 g/mol. The van der Waals surface area contributed by atoms with Crippen molar-refractivity contribution in [3.05, 3.63) is 29.8 Å². The fourth-order valence-electron chi connectivity index (χ4n) is 4.24. The summed E-state index contributed by atoms with van der Waals surface area (Å²) in [5, 5.41) is 9.98. The van der Waals surface area contributed by atoms with Crippen LogP contribution in [0.4, 0.5) is 5.69 Å². The molecule has 0 spiro atoms. The lowest BCUT2D eigenvalue weighted by molar-refractivity contribution is -0.122. The molecule has 2 fully saturated rings. The molecule has 7 heteroatoms. The van der Waals surface area contributed by atoms with Gasteiger partial charge in [-0.25, -0.2) is 4.99 Å². The Balaban J connectivity index is 1.57. The normalized spacial score (nSPS) is 18.8. The van der Waals surface area contributed by atoms with Gasteiger partial charge >= 0.3 is 0 Å². The highest BCUT2D eigenvalue weighted by Gasteiger charge is 2.25. The maximum Gasteiger partial charge on any atom is 0.227 e. The number of benzene rings is 1. The smallest absolute Gasteiger partial charge is 0.227 e. The first-order valence-corrected chi connectivity index (χ1v) is 12.3. The van der Waals surface area contributed by atoms with E-state index in [4.69, 9.17) is 9.73 Å². The molecule has 1 unspecified atom stereocenters. The third-order valence-electron chi connectivity index (χ3n) is 6.25. The van der Waals surface area contributed by atoms with E-state index < -0.39 is 0 Å². The number of nitrogens with zero attached hydrogens (tertiary/aromatic N) is 2. The second-order valence-electron chi connectivity index (χ2n) is 9.33. The molecule has 0 aromatic heterocycles. The minimum absolute atomic E-state index is 0.145. The fourth-order valence-corrected chi connectivity index (χ4v) is 4.24. The van der Waals surface area contributed by atoms with Crippen molar-refractivity contribution in [2.75, 3.05) is 44.7 Å². The third-order valence-corrected chi connectivity index (χ3v) is 6.25. The summed E-state index contributed by atoms with van der Waals surface area (Å²) >= 11 is 0. The van der Waals surface area contributed by atoms with Gasteiger partial charge < -0.3 is 20.7 Å². The van der Waals surface area contributed by atoms with Crippen molar-refractivity contribution >= 4 is 17.6 Å². The lowest BCUT2D eigenvalue weighted by Crippen LogP contribution is -2.51. The summed E-state index contributed by atoms with van der Waals surface area (Å²) in [5.74, 6) is 1.80. The van der Waals surface area contributed by atoms with Gasteiger partial charge in [-0.1, -0.05) is 32.4 Å². The number of nitrogens with one attached hydrogen (secondary N) is 3. The van der Waals surface area contributed by atoms with Crippen LogP contribution in [0.5, 0.6) is 0 Å². The summed E-state index contributed by atoms with van der Waals surface area (Å²) in [5.41, 5.74) is 1.94. The molecule has 1 atom stereocenters.